The number of hydrogen-bond acceptors (Lipinski definition) is 3. The fourth-order valence-corrected chi connectivity index (χ4v) is 2.64. The van der Waals surface area contributed by atoms with E-state index < -0.39 is 0 Å². The largest absolute Gasteiger partial charge is 0.494 e. The van der Waals surface area contributed by atoms with Gasteiger partial charge in [0.25, 0.3) is 0 Å². The molecule has 1 saturated heterocycles. The molecular formula is C16H24N2O2. The Balaban J connectivity index is 1.99. The van der Waals surface area contributed by atoms with Crippen molar-refractivity contribution >= 4 is 5.91 Å². The lowest BCUT2D eigenvalue weighted by molar-refractivity contribution is -0.135. The fraction of sp³-hybridized carbons (Fsp3) is 0.562. The van der Waals surface area contributed by atoms with Gasteiger partial charge in [0.1, 0.15) is 5.75 Å². The topological polar surface area (TPSA) is 41.6 Å². The van der Waals surface area contributed by atoms with Gasteiger partial charge in [0.2, 0.25) is 5.91 Å². The van der Waals surface area contributed by atoms with Gasteiger partial charge in [-0.15, -0.1) is 0 Å². The molecule has 4 nitrogen and oxygen atoms in total. The van der Waals surface area contributed by atoms with Crippen LogP contribution in [0, 0.1) is 5.92 Å². The third-order valence-electron chi connectivity index (χ3n) is 3.70. The molecule has 0 bridgehead atoms. The minimum Gasteiger partial charge on any atom is -0.494 e. The van der Waals surface area contributed by atoms with Gasteiger partial charge in [0.15, 0.2) is 0 Å². The predicted octanol–water partition coefficient (Wildman–Crippen LogP) is 2.04. The average Bonchev–Trinajstić information content (AvgIpc) is 2.49. The molecule has 1 aliphatic rings. The lowest BCUT2D eigenvalue weighted by Gasteiger charge is -2.27. The van der Waals surface area contributed by atoms with Crippen molar-refractivity contribution in [1.82, 2.24) is 10.2 Å². The minimum absolute atomic E-state index is 0.119. The first kappa shape index (κ1) is 14.9. The Morgan fingerprint density at radius 2 is 2.25 bits per heavy atom. The van der Waals surface area contributed by atoms with Gasteiger partial charge in [-0.2, -0.15) is 0 Å². The second-order valence-electron chi connectivity index (χ2n) is 5.28. The number of hydrogen-bond donors (Lipinski definition) is 1. The van der Waals surface area contributed by atoms with Crippen LogP contribution in [0.2, 0.25) is 0 Å². The van der Waals surface area contributed by atoms with Gasteiger partial charge in [0, 0.05) is 25.7 Å². The normalized spacial score (nSPS) is 18.6. The summed E-state index contributed by atoms with van der Waals surface area (Å²) in [6.07, 6.45) is 2.07. The molecule has 110 valence electrons. The molecule has 1 aromatic rings. The SMILES string of the molecule is CCOc1ccccc1CN(C)C(=O)C1CCCNC1. The zero-order valence-corrected chi connectivity index (χ0v) is 12.4. The maximum atomic E-state index is 12.4. The average molecular weight is 276 g/mol. The van der Waals surface area contributed by atoms with E-state index in [9.17, 15) is 4.79 Å². The molecule has 0 spiro atoms. The summed E-state index contributed by atoms with van der Waals surface area (Å²) in [6, 6.07) is 7.92. The number of nitrogens with one attached hydrogen (secondary N) is 1. The Bertz CT molecular complexity index is 442. The van der Waals surface area contributed by atoms with Crippen LogP contribution in [0.4, 0.5) is 0 Å². The molecule has 1 unspecified atom stereocenters. The van der Waals surface area contributed by atoms with Crippen molar-refractivity contribution in [2.24, 2.45) is 5.92 Å². The molecule has 0 saturated carbocycles. The van der Waals surface area contributed by atoms with E-state index >= 15 is 0 Å². The first-order chi connectivity index (χ1) is 9.72. The summed E-state index contributed by atoms with van der Waals surface area (Å²) in [4.78, 5) is 14.2. The molecule has 0 radical (unpaired) electrons. The molecule has 1 aliphatic heterocycles. The predicted molar refractivity (Wildman–Crippen MR) is 79.7 cm³/mol. The molecule has 0 aliphatic carbocycles. The van der Waals surface area contributed by atoms with Crippen LogP contribution >= 0.6 is 0 Å². The zero-order chi connectivity index (χ0) is 14.4. The number of piperidine rings is 1. The molecule has 1 aromatic carbocycles. The summed E-state index contributed by atoms with van der Waals surface area (Å²) in [5.41, 5.74) is 1.06. The number of carbonyl (C=O) groups excluding carboxylic acids is 1. The number of rotatable bonds is 5. The van der Waals surface area contributed by atoms with E-state index in [1.807, 2.05) is 43.1 Å². The monoisotopic (exact) mass is 276 g/mol. The lowest BCUT2D eigenvalue weighted by atomic mass is 9.98. The van der Waals surface area contributed by atoms with Crippen LogP contribution in [-0.4, -0.2) is 37.6 Å². The highest BCUT2D eigenvalue weighted by Crippen LogP contribution is 2.21. The highest BCUT2D eigenvalue weighted by molar-refractivity contribution is 5.79. The quantitative estimate of drug-likeness (QED) is 0.895. The van der Waals surface area contributed by atoms with E-state index in [0.717, 1.165) is 37.2 Å². The molecule has 1 atom stereocenters. The van der Waals surface area contributed by atoms with E-state index in [1.165, 1.54) is 0 Å². The summed E-state index contributed by atoms with van der Waals surface area (Å²) in [6.45, 7) is 5.04. The van der Waals surface area contributed by atoms with Gasteiger partial charge in [-0.05, 0) is 32.4 Å². The maximum absolute atomic E-state index is 12.4. The summed E-state index contributed by atoms with van der Waals surface area (Å²) >= 11 is 0. The molecule has 1 fully saturated rings. The van der Waals surface area contributed by atoms with Crippen LogP contribution in [-0.2, 0) is 11.3 Å². The third kappa shape index (κ3) is 3.73. The number of benzene rings is 1. The zero-order valence-electron chi connectivity index (χ0n) is 12.4. The number of amides is 1. The fourth-order valence-electron chi connectivity index (χ4n) is 2.64. The first-order valence-corrected chi connectivity index (χ1v) is 7.38. The van der Waals surface area contributed by atoms with Crippen molar-refractivity contribution in [3.63, 3.8) is 0 Å². The van der Waals surface area contributed by atoms with E-state index in [2.05, 4.69) is 5.32 Å². The summed E-state index contributed by atoms with van der Waals surface area (Å²) in [5.74, 6) is 1.22. The van der Waals surface area contributed by atoms with Crippen LogP contribution in [0.3, 0.4) is 0 Å². The molecule has 2 rings (SSSR count). The third-order valence-corrected chi connectivity index (χ3v) is 3.70. The van der Waals surface area contributed by atoms with Crippen molar-refractivity contribution in [3.8, 4) is 5.75 Å². The Morgan fingerprint density at radius 3 is 2.95 bits per heavy atom. The Labute approximate surface area is 121 Å². The van der Waals surface area contributed by atoms with Crippen LogP contribution < -0.4 is 10.1 Å². The van der Waals surface area contributed by atoms with Gasteiger partial charge in [-0.25, -0.2) is 0 Å². The highest BCUT2D eigenvalue weighted by atomic mass is 16.5. The lowest BCUT2D eigenvalue weighted by Crippen LogP contribution is -2.41. The van der Waals surface area contributed by atoms with Crippen molar-refractivity contribution in [1.29, 1.82) is 0 Å². The van der Waals surface area contributed by atoms with Crippen LogP contribution in [0.15, 0.2) is 24.3 Å². The van der Waals surface area contributed by atoms with Gasteiger partial charge in [-0.3, -0.25) is 4.79 Å². The van der Waals surface area contributed by atoms with Crippen molar-refractivity contribution in [3.05, 3.63) is 29.8 Å². The van der Waals surface area contributed by atoms with Crippen molar-refractivity contribution in [2.75, 3.05) is 26.7 Å². The maximum Gasteiger partial charge on any atom is 0.227 e. The minimum atomic E-state index is 0.119. The Kier molecular flexibility index (Phi) is 5.41. The molecule has 1 amide bonds. The first-order valence-electron chi connectivity index (χ1n) is 7.38. The highest BCUT2D eigenvalue weighted by Gasteiger charge is 2.24. The smallest absolute Gasteiger partial charge is 0.227 e. The molecule has 1 N–H and O–H groups in total. The number of nitrogens with zero attached hydrogens (tertiary/aromatic N) is 1. The second-order valence-corrected chi connectivity index (χ2v) is 5.28. The standard InChI is InChI=1S/C16H24N2O2/c1-3-20-15-9-5-4-7-14(15)12-18(2)16(19)13-8-6-10-17-11-13/h4-5,7,9,13,17H,3,6,8,10-12H2,1-2H3. The number of carbonyl (C=O) groups is 1. The van der Waals surface area contributed by atoms with Crippen LogP contribution in [0.1, 0.15) is 25.3 Å². The van der Waals surface area contributed by atoms with Gasteiger partial charge in [0.05, 0.1) is 12.5 Å². The van der Waals surface area contributed by atoms with Gasteiger partial charge in [-0.1, -0.05) is 18.2 Å². The number of para-hydroxylation sites is 1. The van der Waals surface area contributed by atoms with Crippen molar-refractivity contribution < 1.29 is 9.53 Å². The van der Waals surface area contributed by atoms with E-state index in [4.69, 9.17) is 4.74 Å². The van der Waals surface area contributed by atoms with Gasteiger partial charge < -0.3 is 15.0 Å². The molecular weight excluding hydrogens is 252 g/mol. The van der Waals surface area contributed by atoms with Crippen molar-refractivity contribution in [2.45, 2.75) is 26.3 Å². The van der Waals surface area contributed by atoms with Gasteiger partial charge >= 0.3 is 0 Å². The second kappa shape index (κ2) is 7.29. The van der Waals surface area contributed by atoms with Crippen LogP contribution in [0.5, 0.6) is 5.75 Å². The number of ether oxygens (including phenoxy) is 1. The van der Waals surface area contributed by atoms with E-state index in [-0.39, 0.29) is 11.8 Å². The summed E-state index contributed by atoms with van der Waals surface area (Å²) in [7, 11) is 1.87. The van der Waals surface area contributed by atoms with E-state index in [1.54, 1.807) is 0 Å². The van der Waals surface area contributed by atoms with E-state index in [0.29, 0.717) is 13.2 Å². The molecule has 0 aromatic heterocycles. The Hall–Kier alpha value is -1.55. The molecule has 1 heterocycles. The summed E-state index contributed by atoms with van der Waals surface area (Å²) < 4.78 is 5.61. The molecule has 20 heavy (non-hydrogen) atoms. The molecule has 4 heteroatoms. The Morgan fingerprint density at radius 1 is 1.45 bits per heavy atom. The summed E-state index contributed by atoms with van der Waals surface area (Å²) in [5, 5.41) is 3.29. The van der Waals surface area contributed by atoms with Crippen LogP contribution in [0.25, 0.3) is 0 Å².